The molecule has 0 saturated heterocycles. The molecule has 4 aromatic heterocycles. The van der Waals surface area contributed by atoms with Crippen molar-refractivity contribution in [2.24, 2.45) is 5.41 Å². The molecule has 0 aliphatic heterocycles. The number of hydrogen-bond acceptors (Lipinski definition) is 7. The van der Waals surface area contributed by atoms with E-state index in [2.05, 4.69) is 58.9 Å². The van der Waals surface area contributed by atoms with Crippen LogP contribution in [0.3, 0.4) is 0 Å². The third-order valence-corrected chi connectivity index (χ3v) is 15.6. The molecule has 218 valence electrons. The van der Waals surface area contributed by atoms with Crippen molar-refractivity contribution in [3.63, 3.8) is 0 Å². The summed E-state index contributed by atoms with van der Waals surface area (Å²) in [5.41, 5.74) is 6.99. The lowest BCUT2D eigenvalue weighted by Gasteiger charge is -2.24. The highest BCUT2D eigenvalue weighted by Crippen LogP contribution is 2.65. The van der Waals surface area contributed by atoms with Crippen LogP contribution in [0.4, 0.5) is 0 Å². The highest BCUT2D eigenvalue weighted by atomic mass is 32.1. The molecule has 0 bridgehead atoms. The van der Waals surface area contributed by atoms with Crippen LogP contribution >= 0.6 is 45.3 Å². The average molecular weight is 647 g/mol. The number of aryl methyl sites for hydroxylation is 2. The van der Waals surface area contributed by atoms with E-state index >= 15 is 0 Å². The van der Waals surface area contributed by atoms with Crippen molar-refractivity contribution < 1.29 is 4.79 Å². The number of ketones is 1. The van der Waals surface area contributed by atoms with Crippen molar-refractivity contribution in [3.05, 3.63) is 83.7 Å². The number of nitrogens with zero attached hydrogens (tertiary/aromatic N) is 2. The maximum atomic E-state index is 13.7. The molecule has 3 aliphatic carbocycles. The molecule has 4 heterocycles. The first-order chi connectivity index (χ1) is 20.9. The highest BCUT2D eigenvalue weighted by Gasteiger charge is 2.48. The largest absolute Gasteiger partial charge is 0.293 e. The van der Waals surface area contributed by atoms with Crippen LogP contribution in [0.2, 0.25) is 0 Å². The van der Waals surface area contributed by atoms with Gasteiger partial charge in [0.1, 0.15) is 17.7 Å². The van der Waals surface area contributed by atoms with Gasteiger partial charge in [-0.1, -0.05) is 52.0 Å². The lowest BCUT2D eigenvalue weighted by atomic mass is 9.75. The van der Waals surface area contributed by atoms with Gasteiger partial charge in [0.25, 0.3) is 0 Å². The predicted molar refractivity (Wildman–Crippen MR) is 185 cm³/mol. The van der Waals surface area contributed by atoms with E-state index < -0.39 is 5.41 Å². The molecule has 3 aliphatic rings. The number of thiophene rings is 4. The van der Waals surface area contributed by atoms with Gasteiger partial charge in [-0.05, 0) is 61.9 Å². The lowest BCUT2D eigenvalue weighted by molar-refractivity contribution is 0.0880. The number of benzene rings is 1. The summed E-state index contributed by atoms with van der Waals surface area (Å²) in [6.07, 6.45) is 2.27. The summed E-state index contributed by atoms with van der Waals surface area (Å²) in [6, 6.07) is 16.3. The zero-order valence-corrected chi connectivity index (χ0v) is 28.8. The second-order valence-electron chi connectivity index (χ2n) is 13.6. The summed E-state index contributed by atoms with van der Waals surface area (Å²) >= 11 is 7.87. The smallest absolute Gasteiger partial charge is 0.173 e. The number of fused-ring (bicyclic) bond motifs is 10. The van der Waals surface area contributed by atoms with E-state index in [0.717, 1.165) is 18.4 Å². The molecule has 7 heteroatoms. The fourth-order valence-electron chi connectivity index (χ4n) is 8.03. The second kappa shape index (κ2) is 9.12. The Morgan fingerprint density at radius 3 is 1.95 bits per heavy atom. The minimum atomic E-state index is -0.872. The minimum Gasteiger partial charge on any atom is -0.293 e. The third-order valence-electron chi connectivity index (χ3n) is 10.1. The van der Waals surface area contributed by atoms with Gasteiger partial charge in [0.05, 0.1) is 14.8 Å². The van der Waals surface area contributed by atoms with Crippen molar-refractivity contribution >= 4 is 66.1 Å². The number of allylic oxidation sites excluding steroid dienone is 2. The summed E-state index contributed by atoms with van der Waals surface area (Å²) in [6.45, 7) is 13.7. The van der Waals surface area contributed by atoms with Crippen LogP contribution in [0.5, 0.6) is 0 Å². The van der Waals surface area contributed by atoms with E-state index in [1.165, 1.54) is 60.9 Å². The van der Waals surface area contributed by atoms with Crippen molar-refractivity contribution in [1.82, 2.24) is 0 Å². The van der Waals surface area contributed by atoms with Gasteiger partial charge >= 0.3 is 0 Å². The van der Waals surface area contributed by atoms with Gasteiger partial charge in [0, 0.05) is 62.4 Å². The average Bonchev–Trinajstić information content (AvgIpc) is 3.81. The number of Topliss-reactive ketones (excluding diaryl/α,β-unsaturated/α-hetero) is 1. The number of carbonyl (C=O) groups is 1. The SMILES string of the molecule is Cc1cc2c(s1)C(C)(C)c1c-2sc2c3c(sc12)-c1cc(CCCC2(C)C(=O)c4ccccc4C2=C(C#N)C#N)sc1C3(C)C. The van der Waals surface area contributed by atoms with E-state index in [1.807, 2.05) is 76.5 Å². The fourth-order valence-corrected chi connectivity index (χ4v) is 14.2. The molecule has 0 saturated carbocycles. The number of carbonyl (C=O) groups excluding carboxylic acids is 1. The monoisotopic (exact) mass is 646 g/mol. The Labute approximate surface area is 273 Å². The van der Waals surface area contributed by atoms with Gasteiger partial charge in [-0.2, -0.15) is 10.5 Å². The Bertz CT molecular complexity index is 2220. The van der Waals surface area contributed by atoms with Crippen LogP contribution in [0.25, 0.3) is 35.9 Å². The summed E-state index contributed by atoms with van der Waals surface area (Å²) in [4.78, 5) is 22.3. The van der Waals surface area contributed by atoms with E-state index in [0.29, 0.717) is 17.6 Å². The molecule has 8 rings (SSSR count). The number of hydrogen-bond donors (Lipinski definition) is 0. The zero-order chi connectivity index (χ0) is 30.9. The van der Waals surface area contributed by atoms with Crippen molar-refractivity contribution in [2.75, 3.05) is 0 Å². The lowest BCUT2D eigenvalue weighted by Crippen LogP contribution is -2.24. The molecule has 5 aromatic rings. The number of rotatable bonds is 4. The van der Waals surface area contributed by atoms with Crippen molar-refractivity contribution in [1.29, 1.82) is 10.5 Å². The quantitative estimate of drug-likeness (QED) is 0.183. The molecule has 3 nitrogen and oxygen atoms in total. The molecule has 0 radical (unpaired) electrons. The van der Waals surface area contributed by atoms with E-state index in [-0.39, 0.29) is 22.2 Å². The predicted octanol–water partition coefficient (Wildman–Crippen LogP) is 11.0. The van der Waals surface area contributed by atoms with Gasteiger partial charge in [-0.15, -0.1) is 45.3 Å². The van der Waals surface area contributed by atoms with Crippen LogP contribution in [0.1, 0.15) is 94.0 Å². The Kier molecular flexibility index (Phi) is 5.84. The zero-order valence-electron chi connectivity index (χ0n) is 25.5. The van der Waals surface area contributed by atoms with E-state index in [9.17, 15) is 15.3 Å². The molecule has 1 aromatic carbocycles. The molecular weight excluding hydrogens is 617 g/mol. The van der Waals surface area contributed by atoms with Gasteiger partial charge in [-0.25, -0.2) is 0 Å². The Morgan fingerprint density at radius 1 is 0.773 bits per heavy atom. The first-order valence-electron chi connectivity index (χ1n) is 15.0. The minimum absolute atomic E-state index is 0.0178. The molecule has 1 unspecified atom stereocenters. The fraction of sp³-hybridized carbons (Fsp3) is 0.324. The van der Waals surface area contributed by atoms with Crippen LogP contribution in [-0.2, 0) is 17.3 Å². The number of nitriles is 2. The second-order valence-corrected chi connectivity index (χ2v) is 18.0. The maximum absolute atomic E-state index is 13.7. The molecule has 0 spiro atoms. The normalized spacial score (nSPS) is 19.8. The van der Waals surface area contributed by atoms with Gasteiger partial charge in [0.15, 0.2) is 5.78 Å². The van der Waals surface area contributed by atoms with Crippen LogP contribution in [-0.4, -0.2) is 5.78 Å². The Balaban J connectivity index is 1.12. The van der Waals surface area contributed by atoms with Crippen LogP contribution < -0.4 is 0 Å². The molecule has 0 fully saturated rings. The molecule has 44 heavy (non-hydrogen) atoms. The van der Waals surface area contributed by atoms with Crippen LogP contribution in [0.15, 0.2) is 42.0 Å². The Morgan fingerprint density at radius 2 is 1.34 bits per heavy atom. The van der Waals surface area contributed by atoms with Crippen LogP contribution in [0, 0.1) is 35.0 Å². The van der Waals surface area contributed by atoms with Crippen molar-refractivity contribution in [3.8, 4) is 33.0 Å². The first kappa shape index (κ1) is 28.2. The molecular formula is C37H30N2OS4. The summed E-state index contributed by atoms with van der Waals surface area (Å²) < 4.78 is 2.95. The molecule has 0 amide bonds. The standard InChI is InChI=1S/C37H30N2OS4/c1-18-14-23-28-26(35(2,3)33(23)41-18)30-31(43-28)27-29(44-30)24-15-20(42-34(24)36(27,4)5)10-9-13-37(6)25(19(16-38)17-39)21-11-7-8-12-22(21)32(37)40/h7-8,11-12,14-15H,9-10,13H2,1-6H3. The summed E-state index contributed by atoms with van der Waals surface area (Å²) in [7, 11) is 0. The van der Waals surface area contributed by atoms with Crippen molar-refractivity contribution in [2.45, 2.75) is 71.6 Å². The van der Waals surface area contributed by atoms with Gasteiger partial charge in [-0.3, -0.25) is 4.79 Å². The summed E-state index contributed by atoms with van der Waals surface area (Å²) in [5, 5.41) is 19.5. The van der Waals surface area contributed by atoms with Gasteiger partial charge < -0.3 is 0 Å². The third kappa shape index (κ3) is 3.42. The van der Waals surface area contributed by atoms with E-state index in [4.69, 9.17) is 0 Å². The van der Waals surface area contributed by atoms with Gasteiger partial charge in [0.2, 0.25) is 0 Å². The molecule has 1 atom stereocenters. The molecule has 0 N–H and O–H groups in total. The maximum Gasteiger partial charge on any atom is 0.173 e. The highest BCUT2D eigenvalue weighted by molar-refractivity contribution is 7.32. The topological polar surface area (TPSA) is 64.7 Å². The Hall–Kier alpha value is -3.33. The first-order valence-corrected chi connectivity index (χ1v) is 18.2. The van der Waals surface area contributed by atoms with E-state index in [1.54, 1.807) is 0 Å². The summed E-state index contributed by atoms with van der Waals surface area (Å²) in [5.74, 6) is 0.0178.